The lowest BCUT2D eigenvalue weighted by atomic mass is 10.1. The summed E-state index contributed by atoms with van der Waals surface area (Å²) >= 11 is 1.86. The topological polar surface area (TPSA) is 72.2 Å². The molecule has 6 heteroatoms. The molecule has 3 N–H and O–H groups in total. The maximum absolute atomic E-state index is 12.6. The maximum atomic E-state index is 12.6. The minimum atomic E-state index is -3.51. The Hall–Kier alpha value is -0.720. The van der Waals surface area contributed by atoms with E-state index in [9.17, 15) is 8.42 Å². The third-order valence-electron chi connectivity index (χ3n) is 4.12. The van der Waals surface area contributed by atoms with Crippen molar-refractivity contribution in [2.24, 2.45) is 0 Å². The second-order valence-electron chi connectivity index (χ2n) is 5.70. The van der Waals surface area contributed by atoms with Gasteiger partial charge in [-0.15, -0.1) is 0 Å². The van der Waals surface area contributed by atoms with Gasteiger partial charge in [-0.3, -0.25) is 0 Å². The molecule has 0 amide bonds. The first-order chi connectivity index (χ1) is 9.83. The zero-order valence-corrected chi connectivity index (χ0v) is 14.5. The fourth-order valence-corrected chi connectivity index (χ4v) is 5.68. The number of nitrogens with one attached hydrogen (secondary N) is 1. The Morgan fingerprint density at radius 1 is 1.29 bits per heavy atom. The van der Waals surface area contributed by atoms with Crippen LogP contribution >= 0.6 is 11.8 Å². The molecule has 2 rings (SSSR count). The Balaban J connectivity index is 2.23. The van der Waals surface area contributed by atoms with Gasteiger partial charge in [0, 0.05) is 17.5 Å². The summed E-state index contributed by atoms with van der Waals surface area (Å²) in [6, 6.07) is 1.83. The minimum absolute atomic E-state index is 0.348. The summed E-state index contributed by atoms with van der Waals surface area (Å²) in [6.07, 6.45) is 3.51. The molecule has 1 unspecified atom stereocenters. The Kier molecular flexibility index (Phi) is 5.22. The predicted molar refractivity (Wildman–Crippen MR) is 90.4 cm³/mol. The van der Waals surface area contributed by atoms with Gasteiger partial charge in [0.2, 0.25) is 10.0 Å². The second kappa shape index (κ2) is 6.58. The number of hydrogen-bond acceptors (Lipinski definition) is 4. The number of aryl methyl sites for hydroxylation is 1. The molecular formula is C15H24N2O2S2. The highest BCUT2D eigenvalue weighted by Gasteiger charge is 2.24. The first-order valence-electron chi connectivity index (χ1n) is 7.30. The van der Waals surface area contributed by atoms with Gasteiger partial charge < -0.3 is 5.73 Å². The number of nitrogens with two attached hydrogens (primary N) is 1. The first kappa shape index (κ1) is 16.6. The summed E-state index contributed by atoms with van der Waals surface area (Å²) in [6.45, 7) is 6.00. The zero-order chi connectivity index (χ0) is 15.6. The average molecular weight is 329 g/mol. The van der Waals surface area contributed by atoms with Crippen LogP contribution in [-0.4, -0.2) is 26.0 Å². The smallest absolute Gasteiger partial charge is 0.241 e. The molecule has 0 spiro atoms. The quantitative estimate of drug-likeness (QED) is 0.834. The van der Waals surface area contributed by atoms with Crippen molar-refractivity contribution < 1.29 is 8.42 Å². The molecule has 1 atom stereocenters. The summed E-state index contributed by atoms with van der Waals surface area (Å²) in [7, 11) is -3.51. The second-order valence-corrected chi connectivity index (χ2v) is 8.81. The molecule has 1 aromatic carbocycles. The van der Waals surface area contributed by atoms with Crippen LogP contribution < -0.4 is 10.5 Å². The molecular weight excluding hydrogens is 304 g/mol. The molecule has 118 valence electrons. The number of hydrogen-bond donors (Lipinski definition) is 2. The van der Waals surface area contributed by atoms with Crippen LogP contribution in [-0.2, 0) is 10.0 Å². The average Bonchev–Trinajstić information content (AvgIpc) is 2.44. The molecule has 21 heavy (non-hydrogen) atoms. The maximum Gasteiger partial charge on any atom is 0.241 e. The van der Waals surface area contributed by atoms with E-state index in [2.05, 4.69) is 4.72 Å². The van der Waals surface area contributed by atoms with E-state index >= 15 is 0 Å². The molecule has 1 aliphatic heterocycles. The monoisotopic (exact) mass is 328 g/mol. The molecule has 1 aromatic rings. The molecule has 0 aromatic heterocycles. The summed E-state index contributed by atoms with van der Waals surface area (Å²) in [5.74, 6) is 1.13. The number of thioether (sulfide) groups is 1. The molecule has 1 saturated heterocycles. The Bertz CT molecular complexity index is 595. The third kappa shape index (κ3) is 3.73. The van der Waals surface area contributed by atoms with Crippen LogP contribution in [0, 0.1) is 20.8 Å². The van der Waals surface area contributed by atoms with E-state index in [0.29, 0.717) is 27.9 Å². The summed E-state index contributed by atoms with van der Waals surface area (Å²) in [5.41, 5.74) is 8.79. The molecule has 0 aliphatic carbocycles. The zero-order valence-electron chi connectivity index (χ0n) is 12.9. The lowest BCUT2D eigenvalue weighted by Crippen LogP contribution is -2.33. The van der Waals surface area contributed by atoms with E-state index in [1.165, 1.54) is 12.8 Å². The minimum Gasteiger partial charge on any atom is -0.398 e. The lowest BCUT2D eigenvalue weighted by molar-refractivity contribution is 0.572. The van der Waals surface area contributed by atoms with Crippen molar-refractivity contribution in [1.29, 1.82) is 0 Å². The van der Waals surface area contributed by atoms with Crippen molar-refractivity contribution in [2.75, 3.05) is 18.0 Å². The summed E-state index contributed by atoms with van der Waals surface area (Å²) < 4.78 is 28.1. The normalized spacial score (nSPS) is 19.7. The highest BCUT2D eigenvalue weighted by molar-refractivity contribution is 8.00. The highest BCUT2D eigenvalue weighted by Crippen LogP contribution is 2.29. The van der Waals surface area contributed by atoms with Crippen molar-refractivity contribution in [2.45, 2.75) is 50.2 Å². The van der Waals surface area contributed by atoms with E-state index in [1.807, 2.05) is 31.7 Å². The van der Waals surface area contributed by atoms with Crippen LogP contribution in [0.4, 0.5) is 5.69 Å². The van der Waals surface area contributed by atoms with Gasteiger partial charge in [-0.1, -0.05) is 6.42 Å². The van der Waals surface area contributed by atoms with Gasteiger partial charge in [-0.05, 0) is 62.1 Å². The molecule has 0 radical (unpaired) electrons. The predicted octanol–water partition coefficient (Wildman–Crippen LogP) is 2.76. The fourth-order valence-electron chi connectivity index (χ4n) is 2.69. The van der Waals surface area contributed by atoms with E-state index in [1.54, 1.807) is 6.92 Å². The number of rotatable bonds is 4. The van der Waals surface area contributed by atoms with Gasteiger partial charge in [0.25, 0.3) is 0 Å². The van der Waals surface area contributed by atoms with Gasteiger partial charge in [-0.25, -0.2) is 13.1 Å². The SMILES string of the molecule is Cc1cc(N)c(C)c(S(=O)(=O)NCC2CCCCS2)c1C. The highest BCUT2D eigenvalue weighted by atomic mass is 32.2. The first-order valence-corrected chi connectivity index (χ1v) is 9.83. The molecule has 1 aliphatic rings. The van der Waals surface area contributed by atoms with E-state index in [4.69, 9.17) is 5.73 Å². The van der Waals surface area contributed by atoms with Crippen LogP contribution in [0.2, 0.25) is 0 Å². The van der Waals surface area contributed by atoms with Crippen LogP contribution in [0.1, 0.15) is 36.0 Å². The standard InChI is InChI=1S/C15H24N2O2S2/c1-10-8-14(16)12(3)15(11(10)2)21(18,19)17-9-13-6-4-5-7-20-13/h8,13,17H,4-7,9,16H2,1-3H3. The van der Waals surface area contributed by atoms with E-state index in [0.717, 1.165) is 23.3 Å². The van der Waals surface area contributed by atoms with E-state index < -0.39 is 10.0 Å². The third-order valence-corrected chi connectivity index (χ3v) is 7.22. The van der Waals surface area contributed by atoms with Gasteiger partial charge >= 0.3 is 0 Å². The van der Waals surface area contributed by atoms with Crippen molar-refractivity contribution in [3.8, 4) is 0 Å². The summed E-state index contributed by atoms with van der Waals surface area (Å²) in [5, 5.41) is 0.385. The van der Waals surface area contributed by atoms with Gasteiger partial charge in [0.05, 0.1) is 4.90 Å². The Morgan fingerprint density at radius 2 is 2.00 bits per heavy atom. The van der Waals surface area contributed by atoms with Gasteiger partial charge in [0.15, 0.2) is 0 Å². The number of benzene rings is 1. The van der Waals surface area contributed by atoms with Crippen LogP contribution in [0.25, 0.3) is 0 Å². The van der Waals surface area contributed by atoms with Crippen LogP contribution in [0.5, 0.6) is 0 Å². The number of anilines is 1. The van der Waals surface area contributed by atoms with Gasteiger partial charge in [-0.2, -0.15) is 11.8 Å². The molecule has 0 saturated carbocycles. The molecule has 4 nitrogen and oxygen atoms in total. The van der Waals surface area contributed by atoms with Crippen molar-refractivity contribution >= 4 is 27.5 Å². The van der Waals surface area contributed by atoms with E-state index in [-0.39, 0.29) is 0 Å². The van der Waals surface area contributed by atoms with Crippen LogP contribution in [0.3, 0.4) is 0 Å². The Labute approximate surface area is 131 Å². The fraction of sp³-hybridized carbons (Fsp3) is 0.600. The molecule has 0 bridgehead atoms. The molecule has 1 heterocycles. The number of nitrogen functional groups attached to an aromatic ring is 1. The number of sulfonamides is 1. The van der Waals surface area contributed by atoms with Crippen LogP contribution in [0.15, 0.2) is 11.0 Å². The van der Waals surface area contributed by atoms with Crippen molar-refractivity contribution in [1.82, 2.24) is 4.72 Å². The van der Waals surface area contributed by atoms with Crippen molar-refractivity contribution in [3.63, 3.8) is 0 Å². The molecule has 1 fully saturated rings. The largest absolute Gasteiger partial charge is 0.398 e. The summed E-state index contributed by atoms with van der Waals surface area (Å²) in [4.78, 5) is 0.348. The lowest BCUT2D eigenvalue weighted by Gasteiger charge is -2.22. The van der Waals surface area contributed by atoms with Gasteiger partial charge in [0.1, 0.15) is 0 Å². The van der Waals surface area contributed by atoms with Crippen molar-refractivity contribution in [3.05, 3.63) is 22.8 Å². The Morgan fingerprint density at radius 3 is 2.62 bits per heavy atom.